The number of rotatable bonds is 2. The van der Waals surface area contributed by atoms with Crippen molar-refractivity contribution >= 4 is 109 Å². The van der Waals surface area contributed by atoms with Crippen LogP contribution in [0, 0.1) is 47.3 Å². The third-order valence-electron chi connectivity index (χ3n) is 15.7. The third-order valence-corrected chi connectivity index (χ3v) is 20.6. The lowest BCUT2D eigenvalue weighted by Crippen LogP contribution is -2.35. The predicted octanol–water partition coefficient (Wildman–Crippen LogP) is 11.6. The highest BCUT2D eigenvalue weighted by Crippen LogP contribution is 2.66. The highest BCUT2D eigenvalue weighted by Gasteiger charge is 2.54. The van der Waals surface area contributed by atoms with Crippen molar-refractivity contribution < 1.29 is 19.2 Å². The third kappa shape index (κ3) is 4.66. The topological polar surface area (TPSA) is 93.0 Å². The lowest BCUT2D eigenvalue weighted by atomic mass is 9.64. The smallest absolute Gasteiger partial charge is 0.188 e. The van der Waals surface area contributed by atoms with E-state index in [9.17, 15) is 19.2 Å². The zero-order chi connectivity index (χ0) is 36.0. The molecule has 4 heterocycles. The van der Waals surface area contributed by atoms with Gasteiger partial charge in [-0.2, -0.15) is 0 Å². The van der Waals surface area contributed by atoms with Crippen LogP contribution in [0.2, 0.25) is 0 Å². The molecule has 7 saturated carbocycles. The maximum absolute atomic E-state index is 13.8. The van der Waals surface area contributed by atoms with Gasteiger partial charge in [0, 0.05) is 39.3 Å². The van der Waals surface area contributed by atoms with Crippen LogP contribution in [0.15, 0.2) is 22.1 Å². The summed E-state index contributed by atoms with van der Waals surface area (Å²) in [7, 11) is 0. The van der Waals surface area contributed by atoms with Crippen LogP contribution in [-0.4, -0.2) is 34.6 Å². The fourth-order valence-corrected chi connectivity index (χ4v) is 18.7. The molecule has 6 nitrogen and oxygen atoms in total. The van der Waals surface area contributed by atoms with Crippen molar-refractivity contribution in [1.29, 1.82) is 0 Å². The molecule has 0 aliphatic heterocycles. The number of aliphatic imine (C=N–C) groups is 2. The molecule has 8 aliphatic carbocycles. The maximum Gasteiger partial charge on any atom is 0.188 e. The molecular formula is C44H44N2O4S4. The number of hydrogen-bond acceptors (Lipinski definition) is 10. The summed E-state index contributed by atoms with van der Waals surface area (Å²) in [6, 6.07) is 4.36. The van der Waals surface area contributed by atoms with Gasteiger partial charge in [-0.15, -0.1) is 45.3 Å². The molecule has 7 fully saturated rings. The number of thiophene rings is 4. The summed E-state index contributed by atoms with van der Waals surface area (Å²) in [4.78, 5) is 67.3. The predicted molar refractivity (Wildman–Crippen MR) is 220 cm³/mol. The van der Waals surface area contributed by atoms with E-state index in [0.29, 0.717) is 23.7 Å². The molecule has 0 saturated heterocycles. The van der Waals surface area contributed by atoms with Gasteiger partial charge in [0.1, 0.15) is 10.0 Å². The molecule has 0 aromatic carbocycles. The summed E-state index contributed by atoms with van der Waals surface area (Å²) in [6.07, 6.45) is 19.1. The van der Waals surface area contributed by atoms with E-state index in [4.69, 9.17) is 9.98 Å². The first-order chi connectivity index (χ1) is 26.4. The number of hydrogen-bond donors (Lipinski definition) is 0. The Morgan fingerprint density at radius 2 is 1.00 bits per heavy atom. The SMILES string of the molecule is O=C1C(=Nc2cc3c(s2)-c2sc4c(sc5cc(N=C6C(=O)C7CC8CCCCC8CC7C6=O)sc54)c2C32CCCCC2)C(=O)C2CC3CCCCC3CC12. The van der Waals surface area contributed by atoms with Crippen LogP contribution in [0.25, 0.3) is 28.6 Å². The summed E-state index contributed by atoms with van der Waals surface area (Å²) in [6.45, 7) is 0. The molecule has 54 heavy (non-hydrogen) atoms. The van der Waals surface area contributed by atoms with Gasteiger partial charge in [-0.1, -0.05) is 70.6 Å². The lowest BCUT2D eigenvalue weighted by Gasteiger charge is -2.39. The first-order valence-corrected chi connectivity index (χ1v) is 24.1. The van der Waals surface area contributed by atoms with Crippen molar-refractivity contribution in [2.45, 2.75) is 115 Å². The summed E-state index contributed by atoms with van der Waals surface area (Å²) >= 11 is 7.02. The number of nitrogens with zero attached hydrogens (tertiary/aromatic N) is 2. The van der Waals surface area contributed by atoms with Gasteiger partial charge in [0.25, 0.3) is 0 Å². The van der Waals surface area contributed by atoms with Gasteiger partial charge in [0.2, 0.25) is 0 Å². The zero-order valence-corrected chi connectivity index (χ0v) is 33.7. The second-order valence-electron chi connectivity index (χ2n) is 18.2. The molecule has 1 spiro atoms. The molecule has 278 valence electrons. The van der Waals surface area contributed by atoms with E-state index in [1.807, 2.05) is 22.7 Å². The van der Waals surface area contributed by atoms with Gasteiger partial charge in [-0.25, -0.2) is 9.98 Å². The number of carbonyl (C=O) groups is 4. The average Bonchev–Trinajstić information content (AvgIpc) is 4.04. The second kappa shape index (κ2) is 12.2. The lowest BCUT2D eigenvalue weighted by molar-refractivity contribution is -0.123. The Labute approximate surface area is 330 Å². The Morgan fingerprint density at radius 3 is 1.52 bits per heavy atom. The van der Waals surface area contributed by atoms with Crippen molar-refractivity contribution in [3.8, 4) is 9.75 Å². The van der Waals surface area contributed by atoms with Gasteiger partial charge in [0.05, 0.1) is 23.9 Å². The second-order valence-corrected chi connectivity index (χ2v) is 22.3. The standard InChI is InChI=1S/C44H44N2O4S4/c47-35-24-14-20-8-2-3-9-21(20)15-25(24)36(48)33(35)45-30-18-28-39(52-30)41-32(44(28)12-6-1-7-13-44)42-43(54-41)40-29(51-42)19-31(53-40)46-34-37(49)26-16-22-10-4-5-11-23(22)17-27(26)38(34)50/h18-27H,1-17H2. The van der Waals surface area contributed by atoms with Crippen LogP contribution >= 0.6 is 45.3 Å². The van der Waals surface area contributed by atoms with Gasteiger partial charge in [-0.3, -0.25) is 19.2 Å². The Morgan fingerprint density at radius 1 is 0.500 bits per heavy atom. The summed E-state index contributed by atoms with van der Waals surface area (Å²) < 4.78 is 5.08. The molecule has 4 aromatic rings. The summed E-state index contributed by atoms with van der Waals surface area (Å²) in [5.41, 5.74) is 3.21. The zero-order valence-electron chi connectivity index (χ0n) is 30.5. The van der Waals surface area contributed by atoms with Crippen LogP contribution in [-0.2, 0) is 24.6 Å². The highest BCUT2D eigenvalue weighted by molar-refractivity contribution is 7.41. The van der Waals surface area contributed by atoms with Gasteiger partial charge in [-0.05, 0) is 79.9 Å². The number of Topliss-reactive ketones (excluding diaryl/α,β-unsaturated/α-hetero) is 4. The molecule has 4 aromatic heterocycles. The monoisotopic (exact) mass is 792 g/mol. The number of fused-ring (bicyclic) bond motifs is 13. The average molecular weight is 793 g/mol. The van der Waals surface area contributed by atoms with Crippen molar-refractivity contribution in [2.75, 3.05) is 0 Å². The quantitative estimate of drug-likeness (QED) is 0.202. The molecule has 0 radical (unpaired) electrons. The summed E-state index contributed by atoms with van der Waals surface area (Å²) in [5, 5.41) is 1.58. The van der Waals surface area contributed by atoms with Crippen molar-refractivity contribution in [1.82, 2.24) is 0 Å². The van der Waals surface area contributed by atoms with E-state index in [-0.39, 0.29) is 63.6 Å². The molecule has 10 heteroatoms. The van der Waals surface area contributed by atoms with Crippen LogP contribution in [0.5, 0.6) is 0 Å². The molecule has 0 bridgehead atoms. The van der Waals surface area contributed by atoms with Gasteiger partial charge < -0.3 is 0 Å². The Bertz CT molecular complexity index is 2330. The minimum atomic E-state index is -0.163. The maximum atomic E-state index is 13.8. The largest absolute Gasteiger partial charge is 0.292 e. The van der Waals surface area contributed by atoms with Gasteiger partial charge >= 0.3 is 0 Å². The molecule has 8 unspecified atom stereocenters. The van der Waals surface area contributed by atoms with Crippen molar-refractivity contribution in [3.63, 3.8) is 0 Å². The van der Waals surface area contributed by atoms with Crippen LogP contribution in [0.3, 0.4) is 0 Å². The Balaban J connectivity index is 0.894. The minimum absolute atomic E-state index is 0.00420. The van der Waals surface area contributed by atoms with E-state index in [0.717, 1.165) is 48.5 Å². The van der Waals surface area contributed by atoms with E-state index in [1.165, 1.54) is 110 Å². The minimum Gasteiger partial charge on any atom is -0.292 e. The van der Waals surface area contributed by atoms with E-state index < -0.39 is 0 Å². The molecule has 0 amide bonds. The molecular weight excluding hydrogens is 749 g/mol. The van der Waals surface area contributed by atoms with Crippen molar-refractivity contribution in [2.24, 2.45) is 57.3 Å². The fourth-order valence-electron chi connectivity index (χ4n) is 13.1. The van der Waals surface area contributed by atoms with Crippen LogP contribution < -0.4 is 0 Å². The van der Waals surface area contributed by atoms with E-state index >= 15 is 0 Å². The van der Waals surface area contributed by atoms with Crippen LogP contribution in [0.1, 0.15) is 120 Å². The molecule has 12 rings (SSSR count). The first kappa shape index (κ1) is 33.5. The molecule has 8 atom stereocenters. The van der Waals surface area contributed by atoms with E-state index in [1.54, 1.807) is 22.7 Å². The van der Waals surface area contributed by atoms with Gasteiger partial charge in [0.15, 0.2) is 34.6 Å². The van der Waals surface area contributed by atoms with Crippen LogP contribution in [0.4, 0.5) is 10.0 Å². The number of carbonyl (C=O) groups excluding carboxylic acids is 4. The Kier molecular flexibility index (Phi) is 7.55. The summed E-state index contributed by atoms with van der Waals surface area (Å²) in [5.74, 6) is 1.73. The van der Waals surface area contributed by atoms with E-state index in [2.05, 4.69) is 12.1 Å². The number of ketones is 4. The highest BCUT2D eigenvalue weighted by atomic mass is 32.1. The van der Waals surface area contributed by atoms with Crippen molar-refractivity contribution in [3.05, 3.63) is 23.3 Å². The Hall–Kier alpha value is -2.66. The molecule has 8 aliphatic rings. The molecule has 0 N–H and O–H groups in total. The first-order valence-electron chi connectivity index (χ1n) is 20.8. The fraction of sp³-hybridized carbons (Fsp3) is 0.591. The normalized spacial score (nSPS) is 34.0.